The number of hydrogen-bond donors (Lipinski definition) is 2. The van der Waals surface area contributed by atoms with Crippen molar-refractivity contribution in [2.24, 2.45) is 0 Å². The van der Waals surface area contributed by atoms with Crippen LogP contribution in [0.1, 0.15) is 41.6 Å². The van der Waals surface area contributed by atoms with E-state index in [1.165, 1.54) is 6.20 Å². The number of hydrogen-bond acceptors (Lipinski definition) is 4. The van der Waals surface area contributed by atoms with Crippen LogP contribution in [-0.4, -0.2) is 15.9 Å². The lowest BCUT2D eigenvalue weighted by molar-refractivity contribution is 0.0946. The molecule has 0 aliphatic carbocycles. The number of halogens is 1. The summed E-state index contributed by atoms with van der Waals surface area (Å²) in [5.41, 5.74) is 7.29. The van der Waals surface area contributed by atoms with Gasteiger partial charge in [-0.25, -0.2) is 9.97 Å². The predicted octanol–water partition coefficient (Wildman–Crippen LogP) is 2.87. The lowest BCUT2D eigenvalue weighted by Crippen LogP contribution is -2.25. The van der Waals surface area contributed by atoms with Crippen LogP contribution in [0.2, 0.25) is 0 Å². The van der Waals surface area contributed by atoms with E-state index in [2.05, 4.69) is 31.2 Å². The molecule has 0 aliphatic rings. The third-order valence-corrected chi connectivity index (χ3v) is 3.40. The topological polar surface area (TPSA) is 80.9 Å². The van der Waals surface area contributed by atoms with Crippen LogP contribution >= 0.6 is 15.9 Å². The Bertz CT molecular complexity index is 658. The highest BCUT2D eigenvalue weighted by molar-refractivity contribution is 9.10. The second-order valence-electron chi connectivity index (χ2n) is 5.00. The van der Waals surface area contributed by atoms with E-state index in [-0.39, 0.29) is 23.2 Å². The van der Waals surface area contributed by atoms with Crippen LogP contribution in [0.15, 0.2) is 34.9 Å². The van der Waals surface area contributed by atoms with Crippen LogP contribution in [0.3, 0.4) is 0 Å². The Morgan fingerprint density at radius 3 is 2.86 bits per heavy atom. The van der Waals surface area contributed by atoms with Gasteiger partial charge in [0, 0.05) is 16.9 Å². The molecule has 5 nitrogen and oxygen atoms in total. The number of benzene rings is 1. The Kier molecular flexibility index (Phi) is 4.90. The van der Waals surface area contributed by atoms with Crippen molar-refractivity contribution in [3.05, 3.63) is 52.0 Å². The van der Waals surface area contributed by atoms with E-state index < -0.39 is 0 Å². The second-order valence-corrected chi connectivity index (χ2v) is 5.92. The Hall–Kier alpha value is -1.95. The second kappa shape index (κ2) is 6.67. The molecule has 3 N–H and O–H groups in total. The zero-order valence-corrected chi connectivity index (χ0v) is 13.5. The van der Waals surface area contributed by atoms with E-state index in [0.29, 0.717) is 12.4 Å². The molecule has 0 unspecified atom stereocenters. The van der Waals surface area contributed by atoms with Crippen molar-refractivity contribution in [1.29, 1.82) is 0 Å². The number of nitrogens with one attached hydrogen (secondary N) is 1. The lowest BCUT2D eigenvalue weighted by atomic mass is 10.2. The van der Waals surface area contributed by atoms with Gasteiger partial charge in [0.15, 0.2) is 5.69 Å². The van der Waals surface area contributed by atoms with Crippen molar-refractivity contribution in [2.45, 2.75) is 26.3 Å². The quantitative estimate of drug-likeness (QED) is 0.889. The molecule has 2 rings (SSSR count). The maximum atomic E-state index is 12.2. The zero-order valence-electron chi connectivity index (χ0n) is 11.9. The molecule has 110 valence electrons. The summed E-state index contributed by atoms with van der Waals surface area (Å²) < 4.78 is 0.970. The molecule has 1 aromatic carbocycles. The molecule has 21 heavy (non-hydrogen) atoms. The standard InChI is InChI=1S/C15H17BrN4O/c1-9(2)14-18-8-12(17)13(20-14)15(21)19-7-10-4-3-5-11(16)6-10/h3-6,8-9H,7,17H2,1-2H3,(H,19,21). The molecule has 0 aliphatic heterocycles. The van der Waals surface area contributed by atoms with Crippen LogP contribution < -0.4 is 11.1 Å². The first-order chi connectivity index (χ1) is 9.97. The van der Waals surface area contributed by atoms with E-state index in [0.717, 1.165) is 10.0 Å². The minimum Gasteiger partial charge on any atom is -0.396 e. The van der Waals surface area contributed by atoms with Gasteiger partial charge in [-0.15, -0.1) is 0 Å². The van der Waals surface area contributed by atoms with E-state index in [4.69, 9.17) is 5.73 Å². The van der Waals surface area contributed by atoms with Crippen molar-refractivity contribution < 1.29 is 4.79 Å². The summed E-state index contributed by atoms with van der Waals surface area (Å²) in [5.74, 6) is 0.454. The third kappa shape index (κ3) is 4.01. The first-order valence-electron chi connectivity index (χ1n) is 6.62. The van der Waals surface area contributed by atoms with Gasteiger partial charge in [0.05, 0.1) is 11.9 Å². The minimum atomic E-state index is -0.295. The van der Waals surface area contributed by atoms with Crippen LogP contribution in [0.5, 0.6) is 0 Å². The van der Waals surface area contributed by atoms with Crippen LogP contribution in [0.4, 0.5) is 5.69 Å². The van der Waals surface area contributed by atoms with Crippen molar-refractivity contribution in [1.82, 2.24) is 15.3 Å². The molecule has 6 heteroatoms. The molecule has 1 heterocycles. The molecule has 0 atom stereocenters. The summed E-state index contributed by atoms with van der Waals surface area (Å²) in [6.07, 6.45) is 1.48. The van der Waals surface area contributed by atoms with Gasteiger partial charge in [0.2, 0.25) is 0 Å². The molecule has 0 bridgehead atoms. The highest BCUT2D eigenvalue weighted by Crippen LogP contribution is 2.14. The normalized spacial score (nSPS) is 10.7. The van der Waals surface area contributed by atoms with Crippen molar-refractivity contribution in [3.8, 4) is 0 Å². The molecular formula is C15H17BrN4O. The first kappa shape index (κ1) is 15.4. The Morgan fingerprint density at radius 2 is 2.19 bits per heavy atom. The van der Waals surface area contributed by atoms with Crippen molar-refractivity contribution >= 4 is 27.5 Å². The monoisotopic (exact) mass is 348 g/mol. The number of amides is 1. The summed E-state index contributed by atoms with van der Waals surface area (Å²) in [7, 11) is 0. The molecule has 0 spiro atoms. The number of nitrogens with two attached hydrogens (primary N) is 1. The summed E-state index contributed by atoms with van der Waals surface area (Å²) in [5, 5.41) is 2.82. The van der Waals surface area contributed by atoms with Crippen LogP contribution in [0.25, 0.3) is 0 Å². The Labute approximate surface area is 132 Å². The number of anilines is 1. The lowest BCUT2D eigenvalue weighted by Gasteiger charge is -2.10. The Balaban J connectivity index is 2.11. The number of nitrogen functional groups attached to an aromatic ring is 1. The molecule has 0 fully saturated rings. The predicted molar refractivity (Wildman–Crippen MR) is 85.8 cm³/mol. The summed E-state index contributed by atoms with van der Waals surface area (Å²) in [6.45, 7) is 4.35. The fourth-order valence-electron chi connectivity index (χ4n) is 1.78. The van der Waals surface area contributed by atoms with Gasteiger partial charge < -0.3 is 11.1 Å². The zero-order chi connectivity index (χ0) is 15.4. The first-order valence-corrected chi connectivity index (χ1v) is 7.41. The number of nitrogens with zero attached hydrogens (tertiary/aromatic N) is 2. The van der Waals surface area contributed by atoms with Crippen molar-refractivity contribution in [2.75, 3.05) is 5.73 Å². The Morgan fingerprint density at radius 1 is 1.43 bits per heavy atom. The average Bonchev–Trinajstić information content (AvgIpc) is 2.45. The van der Waals surface area contributed by atoms with Gasteiger partial charge in [0.1, 0.15) is 5.82 Å². The molecular weight excluding hydrogens is 332 g/mol. The van der Waals surface area contributed by atoms with Crippen molar-refractivity contribution in [3.63, 3.8) is 0 Å². The van der Waals surface area contributed by atoms with E-state index in [1.807, 2.05) is 38.1 Å². The average molecular weight is 349 g/mol. The van der Waals surface area contributed by atoms with Gasteiger partial charge in [-0.05, 0) is 17.7 Å². The molecule has 0 saturated heterocycles. The molecule has 1 aromatic heterocycles. The van der Waals surface area contributed by atoms with Gasteiger partial charge in [-0.1, -0.05) is 41.9 Å². The number of rotatable bonds is 4. The number of aromatic nitrogens is 2. The summed E-state index contributed by atoms with van der Waals surface area (Å²) in [6, 6.07) is 7.74. The van der Waals surface area contributed by atoms with Gasteiger partial charge >= 0.3 is 0 Å². The number of carbonyl (C=O) groups is 1. The van der Waals surface area contributed by atoms with Gasteiger partial charge in [-0.2, -0.15) is 0 Å². The smallest absolute Gasteiger partial charge is 0.272 e. The van der Waals surface area contributed by atoms with E-state index in [9.17, 15) is 4.79 Å². The number of carbonyl (C=O) groups excluding carboxylic acids is 1. The summed E-state index contributed by atoms with van der Waals surface area (Å²) >= 11 is 3.40. The summed E-state index contributed by atoms with van der Waals surface area (Å²) in [4.78, 5) is 20.6. The van der Waals surface area contributed by atoms with Gasteiger partial charge in [-0.3, -0.25) is 4.79 Å². The van der Waals surface area contributed by atoms with E-state index >= 15 is 0 Å². The fraction of sp³-hybridized carbons (Fsp3) is 0.267. The molecule has 0 saturated carbocycles. The van der Waals surface area contributed by atoms with Gasteiger partial charge in [0.25, 0.3) is 5.91 Å². The molecule has 1 amide bonds. The minimum absolute atomic E-state index is 0.141. The van der Waals surface area contributed by atoms with Crippen LogP contribution in [-0.2, 0) is 6.54 Å². The third-order valence-electron chi connectivity index (χ3n) is 2.91. The SMILES string of the molecule is CC(C)c1ncc(N)c(C(=O)NCc2cccc(Br)c2)n1. The maximum Gasteiger partial charge on any atom is 0.272 e. The highest BCUT2D eigenvalue weighted by Gasteiger charge is 2.14. The largest absolute Gasteiger partial charge is 0.396 e. The molecule has 2 aromatic rings. The highest BCUT2D eigenvalue weighted by atomic mass is 79.9. The van der Waals surface area contributed by atoms with E-state index in [1.54, 1.807) is 0 Å². The fourth-order valence-corrected chi connectivity index (χ4v) is 2.22. The maximum absolute atomic E-state index is 12.2. The molecule has 0 radical (unpaired) electrons. The van der Waals surface area contributed by atoms with Crippen LogP contribution in [0, 0.1) is 0 Å².